The molecule has 21 heavy (non-hydrogen) atoms. The zero-order valence-electron chi connectivity index (χ0n) is 12.4. The van der Waals surface area contributed by atoms with Crippen molar-refractivity contribution >= 4 is 27.9 Å². The number of rotatable bonds is 2. The molecule has 1 unspecified atom stereocenters. The first-order valence-electron chi connectivity index (χ1n) is 6.47. The third kappa shape index (κ3) is 3.05. The van der Waals surface area contributed by atoms with E-state index in [1.807, 2.05) is 6.07 Å². The lowest BCUT2D eigenvalue weighted by atomic mass is 9.97. The molecule has 1 aromatic rings. The zero-order valence-corrected chi connectivity index (χ0v) is 13.9. The van der Waals surface area contributed by atoms with Crippen molar-refractivity contribution in [3.63, 3.8) is 0 Å². The number of fused-ring (bicyclic) bond motifs is 1. The normalized spacial score (nSPS) is 20.4. The van der Waals surface area contributed by atoms with Gasteiger partial charge in [0.05, 0.1) is 7.11 Å². The minimum atomic E-state index is -1.77. The van der Waals surface area contributed by atoms with E-state index in [1.54, 1.807) is 32.9 Å². The lowest BCUT2D eigenvalue weighted by molar-refractivity contribution is -0.183. The molecule has 0 aliphatic carbocycles. The van der Waals surface area contributed by atoms with E-state index in [1.165, 1.54) is 7.11 Å². The summed E-state index contributed by atoms with van der Waals surface area (Å²) in [5.74, 6) is -1.02. The fourth-order valence-electron chi connectivity index (χ4n) is 2.11. The summed E-state index contributed by atoms with van der Waals surface area (Å²) in [7, 11) is 1.22. The van der Waals surface area contributed by atoms with Crippen LogP contribution in [0.1, 0.15) is 26.3 Å². The number of methoxy groups -OCH3 is 1. The highest BCUT2D eigenvalue weighted by Crippen LogP contribution is 2.38. The predicted molar refractivity (Wildman–Crippen MR) is 79.1 cm³/mol. The molecule has 114 valence electrons. The SMILES string of the molecule is COC(=O)C1(C(=O)OC(C)(C)C)Cc2cc(Br)ccc2O1. The third-order valence-corrected chi connectivity index (χ3v) is 3.48. The molecule has 5 nitrogen and oxygen atoms in total. The second-order valence-corrected chi connectivity index (χ2v) is 6.77. The first kappa shape index (κ1) is 15.8. The van der Waals surface area contributed by atoms with Gasteiger partial charge in [-0.05, 0) is 39.0 Å². The Bertz CT molecular complexity index is 590. The minimum Gasteiger partial charge on any atom is -0.466 e. The largest absolute Gasteiger partial charge is 0.466 e. The molecule has 1 aromatic carbocycles. The molecule has 0 N–H and O–H groups in total. The molecule has 0 amide bonds. The predicted octanol–water partition coefficient (Wildman–Crippen LogP) is 2.64. The van der Waals surface area contributed by atoms with Crippen molar-refractivity contribution in [2.75, 3.05) is 7.11 Å². The number of ether oxygens (including phenoxy) is 3. The number of hydrogen-bond acceptors (Lipinski definition) is 5. The fraction of sp³-hybridized carbons (Fsp3) is 0.467. The average molecular weight is 357 g/mol. The Labute approximate surface area is 131 Å². The van der Waals surface area contributed by atoms with Crippen LogP contribution in [0.15, 0.2) is 22.7 Å². The van der Waals surface area contributed by atoms with Gasteiger partial charge < -0.3 is 14.2 Å². The number of esters is 2. The molecule has 2 rings (SSSR count). The van der Waals surface area contributed by atoms with Crippen LogP contribution in [0, 0.1) is 0 Å². The second kappa shape index (κ2) is 5.33. The van der Waals surface area contributed by atoms with E-state index in [0.717, 1.165) is 10.0 Å². The molecule has 1 aliphatic heterocycles. The van der Waals surface area contributed by atoms with Gasteiger partial charge in [-0.2, -0.15) is 0 Å². The van der Waals surface area contributed by atoms with Crippen molar-refractivity contribution in [3.8, 4) is 5.75 Å². The van der Waals surface area contributed by atoms with Crippen LogP contribution in [0.2, 0.25) is 0 Å². The van der Waals surface area contributed by atoms with Crippen LogP contribution in [-0.2, 0) is 25.5 Å². The highest BCUT2D eigenvalue weighted by molar-refractivity contribution is 9.10. The van der Waals surface area contributed by atoms with E-state index in [-0.39, 0.29) is 6.42 Å². The molecular formula is C15H17BrO5. The van der Waals surface area contributed by atoms with Crippen molar-refractivity contribution < 1.29 is 23.8 Å². The second-order valence-electron chi connectivity index (χ2n) is 5.85. The van der Waals surface area contributed by atoms with Crippen LogP contribution in [-0.4, -0.2) is 30.3 Å². The molecule has 1 aliphatic rings. The van der Waals surface area contributed by atoms with Crippen molar-refractivity contribution in [1.82, 2.24) is 0 Å². The molecular weight excluding hydrogens is 340 g/mol. The number of benzene rings is 1. The van der Waals surface area contributed by atoms with E-state index in [4.69, 9.17) is 14.2 Å². The maximum absolute atomic E-state index is 12.5. The van der Waals surface area contributed by atoms with Gasteiger partial charge in [-0.3, -0.25) is 0 Å². The summed E-state index contributed by atoms with van der Waals surface area (Å²) in [6, 6.07) is 5.29. The van der Waals surface area contributed by atoms with Crippen molar-refractivity contribution in [1.29, 1.82) is 0 Å². The van der Waals surface area contributed by atoms with Crippen LogP contribution in [0.25, 0.3) is 0 Å². The van der Waals surface area contributed by atoms with Gasteiger partial charge in [0.25, 0.3) is 0 Å². The summed E-state index contributed by atoms with van der Waals surface area (Å²) in [4.78, 5) is 24.6. The lowest BCUT2D eigenvalue weighted by Crippen LogP contribution is -2.54. The van der Waals surface area contributed by atoms with Crippen LogP contribution >= 0.6 is 15.9 Å². The van der Waals surface area contributed by atoms with Gasteiger partial charge in [0.1, 0.15) is 11.4 Å². The Hall–Kier alpha value is -1.56. The zero-order chi connectivity index (χ0) is 15.8. The quantitative estimate of drug-likeness (QED) is 0.602. The van der Waals surface area contributed by atoms with Crippen LogP contribution in [0.3, 0.4) is 0 Å². The Balaban J connectivity index is 2.39. The van der Waals surface area contributed by atoms with Crippen molar-refractivity contribution in [2.45, 2.75) is 38.4 Å². The number of carbonyl (C=O) groups is 2. The van der Waals surface area contributed by atoms with E-state index < -0.39 is 23.1 Å². The summed E-state index contributed by atoms with van der Waals surface area (Å²) >= 11 is 3.35. The van der Waals surface area contributed by atoms with Crippen LogP contribution < -0.4 is 4.74 Å². The van der Waals surface area contributed by atoms with Gasteiger partial charge in [-0.25, -0.2) is 9.59 Å². The third-order valence-electron chi connectivity index (χ3n) is 2.99. The molecule has 0 fully saturated rings. The van der Waals surface area contributed by atoms with Gasteiger partial charge in [-0.15, -0.1) is 0 Å². The lowest BCUT2D eigenvalue weighted by Gasteiger charge is -2.28. The Morgan fingerprint density at radius 3 is 2.52 bits per heavy atom. The maximum atomic E-state index is 12.5. The van der Waals surface area contributed by atoms with Gasteiger partial charge in [0.15, 0.2) is 0 Å². The molecule has 1 heterocycles. The molecule has 1 atom stereocenters. The maximum Gasteiger partial charge on any atom is 0.363 e. The highest BCUT2D eigenvalue weighted by atomic mass is 79.9. The summed E-state index contributed by atoms with van der Waals surface area (Å²) in [5, 5.41) is 0. The topological polar surface area (TPSA) is 61.8 Å². The van der Waals surface area contributed by atoms with Gasteiger partial charge in [0.2, 0.25) is 0 Å². The molecule has 0 saturated heterocycles. The van der Waals surface area contributed by atoms with Gasteiger partial charge in [0, 0.05) is 16.5 Å². The standard InChI is InChI=1S/C15H17BrO5/c1-14(2,3)21-13(18)15(12(17)19-4)8-9-7-10(16)5-6-11(9)20-15/h5-7H,8H2,1-4H3. The van der Waals surface area contributed by atoms with E-state index in [0.29, 0.717) is 5.75 Å². The summed E-state index contributed by atoms with van der Waals surface area (Å²) in [6.45, 7) is 5.19. The number of carbonyl (C=O) groups excluding carboxylic acids is 2. The smallest absolute Gasteiger partial charge is 0.363 e. The Morgan fingerprint density at radius 2 is 1.95 bits per heavy atom. The Morgan fingerprint density at radius 1 is 1.29 bits per heavy atom. The molecule has 6 heteroatoms. The minimum absolute atomic E-state index is 0.0867. The van der Waals surface area contributed by atoms with Crippen LogP contribution in [0.5, 0.6) is 5.75 Å². The molecule has 0 bridgehead atoms. The molecule has 0 aromatic heterocycles. The van der Waals surface area contributed by atoms with Crippen LogP contribution in [0.4, 0.5) is 0 Å². The summed E-state index contributed by atoms with van der Waals surface area (Å²) in [6.07, 6.45) is 0.0867. The molecule has 0 saturated carbocycles. The fourth-order valence-corrected chi connectivity index (χ4v) is 2.52. The van der Waals surface area contributed by atoms with Gasteiger partial charge in [-0.1, -0.05) is 15.9 Å². The van der Waals surface area contributed by atoms with Crippen molar-refractivity contribution in [3.05, 3.63) is 28.2 Å². The Kier molecular flexibility index (Phi) is 4.02. The average Bonchev–Trinajstić information content (AvgIpc) is 2.75. The highest BCUT2D eigenvalue weighted by Gasteiger charge is 2.56. The first-order chi connectivity index (χ1) is 9.68. The number of hydrogen-bond donors (Lipinski definition) is 0. The van der Waals surface area contributed by atoms with E-state index in [2.05, 4.69) is 15.9 Å². The molecule has 0 radical (unpaired) electrons. The van der Waals surface area contributed by atoms with E-state index in [9.17, 15) is 9.59 Å². The van der Waals surface area contributed by atoms with Crippen molar-refractivity contribution in [2.24, 2.45) is 0 Å². The van der Waals surface area contributed by atoms with E-state index >= 15 is 0 Å². The number of halogens is 1. The summed E-state index contributed by atoms with van der Waals surface area (Å²) in [5.41, 5.74) is -1.75. The summed E-state index contributed by atoms with van der Waals surface area (Å²) < 4.78 is 16.6. The first-order valence-corrected chi connectivity index (χ1v) is 7.26. The molecule has 0 spiro atoms. The van der Waals surface area contributed by atoms with Gasteiger partial charge >= 0.3 is 17.5 Å². The monoisotopic (exact) mass is 356 g/mol.